The Morgan fingerprint density at radius 2 is 1.95 bits per heavy atom. The molecule has 0 aromatic heterocycles. The molecule has 0 amide bonds. The van der Waals surface area contributed by atoms with Gasteiger partial charge in [0, 0.05) is 16.2 Å². The second-order valence-electron chi connectivity index (χ2n) is 4.00. The molecular weight excluding hydrogens is 343 g/mol. The lowest BCUT2D eigenvalue weighted by atomic mass is 10.2. The predicted octanol–water partition coefficient (Wildman–Crippen LogP) is 3.98. The third-order valence-electron chi connectivity index (χ3n) is 2.67. The van der Waals surface area contributed by atoms with Gasteiger partial charge < -0.3 is 10.9 Å². The van der Waals surface area contributed by atoms with Crippen molar-refractivity contribution in [1.29, 1.82) is 0 Å². The Kier molecular flexibility index (Phi) is 5.03. The summed E-state index contributed by atoms with van der Waals surface area (Å²) in [6, 6.07) is 13.1. The predicted molar refractivity (Wildman–Crippen MR) is 82.6 cm³/mol. The van der Waals surface area contributed by atoms with Gasteiger partial charge in [0.25, 0.3) is 0 Å². The maximum Gasteiger partial charge on any atom is 0.171 e. The Morgan fingerprint density at radius 1 is 1.25 bits per heavy atom. The number of amidine groups is 1. The van der Waals surface area contributed by atoms with Gasteiger partial charge in [-0.15, -0.1) is 11.8 Å². The molecule has 0 unspecified atom stereocenters. The van der Waals surface area contributed by atoms with Crippen molar-refractivity contribution in [1.82, 2.24) is 0 Å². The van der Waals surface area contributed by atoms with E-state index in [4.69, 9.17) is 10.9 Å². The van der Waals surface area contributed by atoms with Gasteiger partial charge in [-0.2, -0.15) is 0 Å². The van der Waals surface area contributed by atoms with Crippen LogP contribution in [0.1, 0.15) is 11.1 Å². The number of hydrogen-bond donors (Lipinski definition) is 2. The van der Waals surface area contributed by atoms with Gasteiger partial charge in [0.15, 0.2) is 11.7 Å². The fraction of sp³-hybridized carbons (Fsp3) is 0.0714. The van der Waals surface area contributed by atoms with E-state index < -0.39 is 5.82 Å². The zero-order chi connectivity index (χ0) is 14.5. The third kappa shape index (κ3) is 3.32. The highest BCUT2D eigenvalue weighted by molar-refractivity contribution is 9.10. The lowest BCUT2D eigenvalue weighted by Gasteiger charge is -2.08. The Balaban J connectivity index is 2.20. The number of nitrogens with two attached hydrogens (primary N) is 1. The van der Waals surface area contributed by atoms with Crippen molar-refractivity contribution < 1.29 is 9.60 Å². The van der Waals surface area contributed by atoms with Crippen LogP contribution in [0.2, 0.25) is 0 Å². The summed E-state index contributed by atoms with van der Waals surface area (Å²) >= 11 is 4.53. The molecule has 0 spiro atoms. The van der Waals surface area contributed by atoms with Crippen molar-refractivity contribution in [3.8, 4) is 0 Å². The zero-order valence-electron chi connectivity index (χ0n) is 10.4. The standard InChI is InChI=1S/C14H12BrFN2OS/c15-12-10(14(17)18-19)6-7-11(13(12)16)20-8-9-4-2-1-3-5-9/h1-7,19H,8H2,(H2,17,18). The molecule has 104 valence electrons. The molecule has 20 heavy (non-hydrogen) atoms. The van der Waals surface area contributed by atoms with Gasteiger partial charge in [0.1, 0.15) is 0 Å². The molecule has 0 bridgehead atoms. The highest BCUT2D eigenvalue weighted by Crippen LogP contribution is 2.31. The van der Waals surface area contributed by atoms with Gasteiger partial charge in [-0.05, 0) is 33.6 Å². The molecular formula is C14H12BrFN2OS. The monoisotopic (exact) mass is 354 g/mol. The van der Waals surface area contributed by atoms with Crippen molar-refractivity contribution in [3.63, 3.8) is 0 Å². The van der Waals surface area contributed by atoms with Gasteiger partial charge >= 0.3 is 0 Å². The van der Waals surface area contributed by atoms with E-state index in [-0.39, 0.29) is 10.3 Å². The Bertz CT molecular complexity index is 635. The molecule has 0 saturated carbocycles. The van der Waals surface area contributed by atoms with Crippen LogP contribution in [0.25, 0.3) is 0 Å². The summed E-state index contributed by atoms with van der Waals surface area (Å²) in [5.74, 6) is 0.137. The van der Waals surface area contributed by atoms with Crippen molar-refractivity contribution >= 4 is 33.5 Å². The molecule has 0 atom stereocenters. The Hall–Kier alpha value is -1.53. The van der Waals surface area contributed by atoms with Gasteiger partial charge in [0.05, 0.1) is 4.47 Å². The van der Waals surface area contributed by atoms with E-state index in [0.29, 0.717) is 16.2 Å². The number of hydrogen-bond acceptors (Lipinski definition) is 3. The highest BCUT2D eigenvalue weighted by Gasteiger charge is 2.14. The van der Waals surface area contributed by atoms with Gasteiger partial charge in [-0.25, -0.2) is 4.39 Å². The third-order valence-corrected chi connectivity index (χ3v) is 4.55. The SMILES string of the molecule is N/C(=N/O)c1ccc(SCc2ccccc2)c(F)c1Br. The first-order valence-corrected chi connectivity index (χ1v) is 7.54. The van der Waals surface area contributed by atoms with E-state index in [9.17, 15) is 4.39 Å². The largest absolute Gasteiger partial charge is 0.409 e. The van der Waals surface area contributed by atoms with Crippen molar-refractivity contribution in [2.45, 2.75) is 10.6 Å². The van der Waals surface area contributed by atoms with Crippen molar-refractivity contribution in [3.05, 3.63) is 63.9 Å². The fourth-order valence-electron chi connectivity index (χ4n) is 1.63. The molecule has 0 aliphatic carbocycles. The smallest absolute Gasteiger partial charge is 0.171 e. The highest BCUT2D eigenvalue weighted by atomic mass is 79.9. The van der Waals surface area contributed by atoms with Crippen LogP contribution in [-0.2, 0) is 5.75 Å². The molecule has 2 aromatic carbocycles. The van der Waals surface area contributed by atoms with Gasteiger partial charge in [-0.3, -0.25) is 0 Å². The molecule has 3 N–H and O–H groups in total. The molecule has 0 saturated heterocycles. The fourth-order valence-corrected chi connectivity index (χ4v) is 3.22. The Morgan fingerprint density at radius 3 is 2.60 bits per heavy atom. The molecule has 0 heterocycles. The number of oxime groups is 1. The van der Waals surface area contributed by atoms with Crippen LogP contribution in [0.3, 0.4) is 0 Å². The zero-order valence-corrected chi connectivity index (χ0v) is 12.8. The first-order valence-electron chi connectivity index (χ1n) is 5.76. The number of benzene rings is 2. The van der Waals surface area contributed by atoms with Crippen LogP contribution >= 0.6 is 27.7 Å². The first kappa shape index (κ1) is 14.9. The summed E-state index contributed by atoms with van der Waals surface area (Å²) in [6.07, 6.45) is 0. The number of thioether (sulfide) groups is 1. The molecule has 2 aromatic rings. The minimum atomic E-state index is -0.407. The molecule has 0 fully saturated rings. The van der Waals surface area contributed by atoms with E-state index in [2.05, 4.69) is 21.1 Å². The summed E-state index contributed by atoms with van der Waals surface area (Å²) in [6.45, 7) is 0. The van der Waals surface area contributed by atoms with Gasteiger partial charge in [-0.1, -0.05) is 35.5 Å². The molecule has 0 aliphatic rings. The average molecular weight is 355 g/mol. The average Bonchev–Trinajstić information content (AvgIpc) is 2.49. The maximum atomic E-state index is 14.2. The lowest BCUT2D eigenvalue weighted by Crippen LogP contribution is -2.14. The number of halogens is 2. The minimum absolute atomic E-state index is 0.129. The summed E-state index contributed by atoms with van der Waals surface area (Å²) in [7, 11) is 0. The quantitative estimate of drug-likeness (QED) is 0.287. The number of nitrogens with zero attached hydrogens (tertiary/aromatic N) is 1. The molecule has 6 heteroatoms. The van der Waals surface area contributed by atoms with Crippen LogP contribution in [0.15, 0.2) is 57.0 Å². The van der Waals surface area contributed by atoms with Crippen LogP contribution in [0, 0.1) is 5.82 Å². The van der Waals surface area contributed by atoms with E-state index in [1.807, 2.05) is 30.3 Å². The summed E-state index contributed by atoms with van der Waals surface area (Å²) < 4.78 is 14.4. The lowest BCUT2D eigenvalue weighted by molar-refractivity contribution is 0.318. The van der Waals surface area contributed by atoms with E-state index in [1.54, 1.807) is 12.1 Å². The van der Waals surface area contributed by atoms with Crippen LogP contribution in [-0.4, -0.2) is 11.0 Å². The maximum absolute atomic E-state index is 14.2. The molecule has 0 aliphatic heterocycles. The van der Waals surface area contributed by atoms with Crippen molar-refractivity contribution in [2.75, 3.05) is 0 Å². The van der Waals surface area contributed by atoms with E-state index in [1.165, 1.54) is 11.8 Å². The summed E-state index contributed by atoms with van der Waals surface area (Å²) in [4.78, 5) is 0.509. The topological polar surface area (TPSA) is 58.6 Å². The molecule has 2 rings (SSSR count). The molecule has 0 radical (unpaired) electrons. The Labute approximate surface area is 128 Å². The van der Waals surface area contributed by atoms with E-state index >= 15 is 0 Å². The first-order chi connectivity index (χ1) is 9.63. The van der Waals surface area contributed by atoms with Gasteiger partial charge in [0.2, 0.25) is 0 Å². The number of rotatable bonds is 4. The summed E-state index contributed by atoms with van der Waals surface area (Å²) in [5, 5.41) is 11.5. The van der Waals surface area contributed by atoms with Crippen LogP contribution < -0.4 is 5.73 Å². The normalized spacial score (nSPS) is 11.6. The summed E-state index contributed by atoms with van der Waals surface area (Å²) in [5.41, 5.74) is 6.92. The van der Waals surface area contributed by atoms with Crippen LogP contribution in [0.5, 0.6) is 0 Å². The van der Waals surface area contributed by atoms with Crippen LogP contribution in [0.4, 0.5) is 4.39 Å². The second-order valence-corrected chi connectivity index (χ2v) is 5.81. The second kappa shape index (κ2) is 6.76. The van der Waals surface area contributed by atoms with E-state index in [0.717, 1.165) is 5.56 Å². The minimum Gasteiger partial charge on any atom is -0.409 e. The molecule has 3 nitrogen and oxygen atoms in total. The van der Waals surface area contributed by atoms with Crippen molar-refractivity contribution in [2.24, 2.45) is 10.9 Å².